The predicted molar refractivity (Wildman–Crippen MR) is 116 cm³/mol. The zero-order chi connectivity index (χ0) is 21.4. The molecule has 0 bridgehead atoms. The van der Waals surface area contributed by atoms with Crippen LogP contribution >= 0.6 is 11.8 Å². The van der Waals surface area contributed by atoms with Crippen molar-refractivity contribution < 1.29 is 19.5 Å². The third kappa shape index (κ3) is 7.46. The van der Waals surface area contributed by atoms with E-state index in [1.165, 1.54) is 24.2 Å². The molecule has 7 heteroatoms. The number of anilines is 2. The molecule has 0 unspecified atom stereocenters. The normalized spacial score (nSPS) is 11.2. The van der Waals surface area contributed by atoms with Gasteiger partial charge < -0.3 is 15.7 Å². The maximum Gasteiger partial charge on any atom is 0.331 e. The average Bonchev–Trinajstić information content (AvgIpc) is 2.67. The molecule has 0 spiro atoms. The molecule has 0 aliphatic carbocycles. The highest BCUT2D eigenvalue weighted by molar-refractivity contribution is 8.00. The number of carboxylic acid groups (broad SMARTS) is 1. The zero-order valence-electron chi connectivity index (χ0n) is 16.6. The molecule has 0 heterocycles. The zero-order valence-corrected chi connectivity index (χ0v) is 17.4. The van der Waals surface area contributed by atoms with Gasteiger partial charge in [0.2, 0.25) is 11.8 Å². The molecular weight excluding hydrogens is 388 g/mol. The van der Waals surface area contributed by atoms with Gasteiger partial charge in [0.15, 0.2) is 0 Å². The number of aliphatic carboxylic acids is 1. The van der Waals surface area contributed by atoms with Crippen LogP contribution in [0.4, 0.5) is 11.4 Å². The van der Waals surface area contributed by atoms with Crippen molar-refractivity contribution in [3.8, 4) is 0 Å². The molecule has 2 aromatic rings. The van der Waals surface area contributed by atoms with Crippen LogP contribution in [0.5, 0.6) is 0 Å². The van der Waals surface area contributed by atoms with Gasteiger partial charge in [0, 0.05) is 27.9 Å². The molecule has 2 aromatic carbocycles. The van der Waals surface area contributed by atoms with E-state index in [0.29, 0.717) is 11.6 Å². The van der Waals surface area contributed by atoms with Gasteiger partial charge in [0.1, 0.15) is 0 Å². The van der Waals surface area contributed by atoms with Crippen LogP contribution in [0.2, 0.25) is 0 Å². The van der Waals surface area contributed by atoms with Gasteiger partial charge in [-0.3, -0.25) is 9.59 Å². The summed E-state index contributed by atoms with van der Waals surface area (Å²) in [4.78, 5) is 35.5. The number of rotatable bonds is 8. The second kappa shape index (κ2) is 10.5. The number of carbonyl (C=O) groups excluding carboxylic acids is 2. The van der Waals surface area contributed by atoms with Gasteiger partial charge in [-0.25, -0.2) is 4.79 Å². The lowest BCUT2D eigenvalue weighted by Gasteiger charge is -2.09. The Hall–Kier alpha value is -3.06. The summed E-state index contributed by atoms with van der Waals surface area (Å²) in [6.07, 6.45) is 1.03. The number of nitrogens with one attached hydrogen (secondary N) is 2. The van der Waals surface area contributed by atoms with Crippen molar-refractivity contribution in [1.82, 2.24) is 0 Å². The molecule has 0 radical (unpaired) electrons. The van der Waals surface area contributed by atoms with E-state index in [1.54, 1.807) is 24.3 Å². The molecule has 0 aliphatic heterocycles. The molecule has 152 valence electrons. The van der Waals surface area contributed by atoms with Gasteiger partial charge in [-0.15, -0.1) is 11.8 Å². The molecule has 29 heavy (non-hydrogen) atoms. The van der Waals surface area contributed by atoms with Crippen molar-refractivity contribution in [3.63, 3.8) is 0 Å². The highest BCUT2D eigenvalue weighted by Crippen LogP contribution is 2.21. The molecule has 0 aromatic heterocycles. The summed E-state index contributed by atoms with van der Waals surface area (Å²) >= 11 is 1.38. The summed E-state index contributed by atoms with van der Waals surface area (Å²) in [5.74, 6) is -1.04. The fourth-order valence-corrected chi connectivity index (χ4v) is 3.07. The van der Waals surface area contributed by atoms with Crippen LogP contribution in [0.25, 0.3) is 0 Å². The van der Waals surface area contributed by atoms with Crippen molar-refractivity contribution in [1.29, 1.82) is 0 Å². The monoisotopic (exact) mass is 412 g/mol. The van der Waals surface area contributed by atoms with E-state index in [0.717, 1.165) is 16.7 Å². The molecule has 0 saturated heterocycles. The van der Waals surface area contributed by atoms with Gasteiger partial charge in [-0.1, -0.05) is 26.0 Å². The van der Waals surface area contributed by atoms with E-state index in [1.807, 2.05) is 24.3 Å². The van der Waals surface area contributed by atoms with Crippen LogP contribution in [0.1, 0.15) is 32.3 Å². The second-order valence-corrected chi connectivity index (χ2v) is 7.81. The first-order valence-corrected chi connectivity index (χ1v) is 10.1. The lowest BCUT2D eigenvalue weighted by Crippen LogP contribution is -2.14. The van der Waals surface area contributed by atoms with Crippen LogP contribution < -0.4 is 10.6 Å². The average molecular weight is 413 g/mol. The molecule has 0 aliphatic rings. The lowest BCUT2D eigenvalue weighted by molar-refractivity contribution is -0.132. The molecule has 2 rings (SSSR count). The highest BCUT2D eigenvalue weighted by Gasteiger charge is 2.07. The van der Waals surface area contributed by atoms with Crippen LogP contribution in [0.3, 0.4) is 0 Å². The standard InChI is InChI=1S/C22H24N2O4S/c1-14(2)16-4-6-17(7-5-16)24-21(26)13-29-19-10-8-18(9-11-19)23-20(25)12-15(3)22(27)28/h4-12,14H,13H2,1-3H3,(H,23,25)(H,24,26)(H,27,28). The Kier molecular flexibility index (Phi) is 8.03. The lowest BCUT2D eigenvalue weighted by atomic mass is 10.0. The van der Waals surface area contributed by atoms with Crippen LogP contribution in [0.15, 0.2) is 65.1 Å². The Morgan fingerprint density at radius 1 is 0.966 bits per heavy atom. The Bertz CT molecular complexity index is 903. The topological polar surface area (TPSA) is 95.5 Å². The minimum atomic E-state index is -1.14. The summed E-state index contributed by atoms with van der Waals surface area (Å²) in [5, 5.41) is 14.3. The summed E-state index contributed by atoms with van der Waals surface area (Å²) < 4.78 is 0. The molecule has 0 saturated carbocycles. The van der Waals surface area contributed by atoms with Crippen molar-refractivity contribution >= 4 is 40.9 Å². The second-order valence-electron chi connectivity index (χ2n) is 6.76. The number of thioether (sulfide) groups is 1. The molecule has 6 nitrogen and oxygen atoms in total. The van der Waals surface area contributed by atoms with Gasteiger partial charge in [-0.2, -0.15) is 0 Å². The van der Waals surface area contributed by atoms with E-state index in [9.17, 15) is 14.4 Å². The predicted octanol–water partition coefficient (Wildman–Crippen LogP) is 4.51. The number of hydrogen-bond acceptors (Lipinski definition) is 4. The number of benzene rings is 2. The number of amides is 2. The van der Waals surface area contributed by atoms with Gasteiger partial charge in [0.05, 0.1) is 5.75 Å². The summed E-state index contributed by atoms with van der Waals surface area (Å²) in [6.45, 7) is 5.59. The summed E-state index contributed by atoms with van der Waals surface area (Å²) in [5.41, 5.74) is 2.49. The fraction of sp³-hybridized carbons (Fsp3) is 0.227. The molecule has 2 amide bonds. The molecule has 0 atom stereocenters. The number of carbonyl (C=O) groups is 3. The first kappa shape index (κ1) is 22.2. The first-order chi connectivity index (χ1) is 13.7. The van der Waals surface area contributed by atoms with Crippen LogP contribution in [0, 0.1) is 0 Å². The van der Waals surface area contributed by atoms with Gasteiger partial charge in [0.25, 0.3) is 0 Å². The maximum absolute atomic E-state index is 12.1. The van der Waals surface area contributed by atoms with Gasteiger partial charge in [-0.05, 0) is 54.8 Å². The third-order valence-electron chi connectivity index (χ3n) is 4.04. The van der Waals surface area contributed by atoms with Crippen molar-refractivity contribution in [3.05, 3.63) is 65.7 Å². The number of carboxylic acids is 1. The van der Waals surface area contributed by atoms with E-state index >= 15 is 0 Å². The maximum atomic E-state index is 12.1. The quantitative estimate of drug-likeness (QED) is 0.438. The van der Waals surface area contributed by atoms with E-state index in [-0.39, 0.29) is 17.2 Å². The highest BCUT2D eigenvalue weighted by atomic mass is 32.2. The van der Waals surface area contributed by atoms with E-state index < -0.39 is 11.9 Å². The summed E-state index contributed by atoms with van der Waals surface area (Å²) in [6, 6.07) is 14.8. The Morgan fingerprint density at radius 2 is 1.52 bits per heavy atom. The van der Waals surface area contributed by atoms with E-state index in [4.69, 9.17) is 5.11 Å². The summed E-state index contributed by atoms with van der Waals surface area (Å²) in [7, 11) is 0. The Labute approximate surface area is 174 Å². The Morgan fingerprint density at radius 3 is 2.07 bits per heavy atom. The van der Waals surface area contributed by atoms with Crippen LogP contribution in [-0.2, 0) is 14.4 Å². The van der Waals surface area contributed by atoms with Gasteiger partial charge >= 0.3 is 5.97 Å². The SMILES string of the molecule is CC(=CC(=O)Nc1ccc(SCC(=O)Nc2ccc(C(C)C)cc2)cc1)C(=O)O. The Balaban J connectivity index is 1.83. The largest absolute Gasteiger partial charge is 0.478 e. The number of hydrogen-bond donors (Lipinski definition) is 3. The van der Waals surface area contributed by atoms with Crippen molar-refractivity contribution in [2.24, 2.45) is 0 Å². The molecule has 3 N–H and O–H groups in total. The molecule has 0 fully saturated rings. The molecular formula is C22H24N2O4S. The van der Waals surface area contributed by atoms with E-state index in [2.05, 4.69) is 24.5 Å². The van der Waals surface area contributed by atoms with Crippen LogP contribution in [-0.4, -0.2) is 28.6 Å². The minimum Gasteiger partial charge on any atom is -0.478 e. The minimum absolute atomic E-state index is 0.0421. The van der Waals surface area contributed by atoms with Crippen molar-refractivity contribution in [2.75, 3.05) is 16.4 Å². The smallest absolute Gasteiger partial charge is 0.331 e. The third-order valence-corrected chi connectivity index (χ3v) is 5.05. The van der Waals surface area contributed by atoms with Crippen molar-refractivity contribution in [2.45, 2.75) is 31.6 Å². The first-order valence-electron chi connectivity index (χ1n) is 9.10. The fourth-order valence-electron chi connectivity index (χ4n) is 2.37.